The zero-order chi connectivity index (χ0) is 16.4. The molecule has 23 heavy (non-hydrogen) atoms. The minimum absolute atomic E-state index is 0.0812. The van der Waals surface area contributed by atoms with Gasteiger partial charge in [0.1, 0.15) is 0 Å². The zero-order valence-corrected chi connectivity index (χ0v) is 13.6. The van der Waals surface area contributed by atoms with E-state index < -0.39 is 11.9 Å². The predicted octanol–water partition coefficient (Wildman–Crippen LogP) is 4.83. The second-order valence-electron chi connectivity index (χ2n) is 5.40. The Morgan fingerprint density at radius 2 is 1.65 bits per heavy atom. The van der Waals surface area contributed by atoms with Crippen LogP contribution in [0.4, 0.5) is 10.5 Å². The van der Waals surface area contributed by atoms with E-state index in [4.69, 9.17) is 23.2 Å². The molecule has 2 N–H and O–H groups in total. The minimum Gasteiger partial charge on any atom is -0.308 e. The van der Waals surface area contributed by atoms with Gasteiger partial charge >= 0.3 is 6.03 Å². The summed E-state index contributed by atoms with van der Waals surface area (Å²) in [4.78, 5) is 24.1. The second kappa shape index (κ2) is 6.60. The zero-order valence-electron chi connectivity index (χ0n) is 12.1. The first-order valence-electron chi connectivity index (χ1n) is 7.21. The molecule has 4 nitrogen and oxygen atoms in total. The minimum atomic E-state index is -0.642. The molecule has 2 aromatic carbocycles. The number of urea groups is 1. The number of benzene rings is 2. The molecule has 0 radical (unpaired) electrons. The predicted molar refractivity (Wildman–Crippen MR) is 91.4 cm³/mol. The van der Waals surface area contributed by atoms with E-state index in [1.165, 1.54) is 18.4 Å². The summed E-state index contributed by atoms with van der Waals surface area (Å²) < 4.78 is 0. The second-order valence-corrected chi connectivity index (χ2v) is 6.22. The maximum atomic E-state index is 12.1. The van der Waals surface area contributed by atoms with Crippen molar-refractivity contribution >= 4 is 40.8 Å². The summed E-state index contributed by atoms with van der Waals surface area (Å²) in [5.41, 5.74) is 1.92. The molecule has 1 aliphatic rings. The summed E-state index contributed by atoms with van der Waals surface area (Å²) >= 11 is 11.9. The SMILES string of the molecule is O=C(NC(=O)c1c(Cl)cccc1Cl)Nc1cccc(C2CC2)c1. The van der Waals surface area contributed by atoms with E-state index in [0.717, 1.165) is 0 Å². The number of carbonyl (C=O) groups excluding carboxylic acids is 2. The van der Waals surface area contributed by atoms with E-state index >= 15 is 0 Å². The van der Waals surface area contributed by atoms with Crippen molar-refractivity contribution in [3.63, 3.8) is 0 Å². The summed E-state index contributed by atoms with van der Waals surface area (Å²) in [6, 6.07) is 11.7. The first-order chi connectivity index (χ1) is 11.0. The third-order valence-electron chi connectivity index (χ3n) is 3.61. The Morgan fingerprint density at radius 1 is 1.00 bits per heavy atom. The molecule has 1 aliphatic carbocycles. The molecule has 0 unspecified atom stereocenters. The van der Waals surface area contributed by atoms with Gasteiger partial charge in [-0.3, -0.25) is 10.1 Å². The Kier molecular flexibility index (Phi) is 4.55. The number of halogens is 2. The van der Waals surface area contributed by atoms with Crippen LogP contribution >= 0.6 is 23.2 Å². The van der Waals surface area contributed by atoms with E-state index in [-0.39, 0.29) is 15.6 Å². The van der Waals surface area contributed by atoms with E-state index in [1.54, 1.807) is 24.3 Å². The average molecular weight is 349 g/mol. The molecular formula is C17H14Cl2N2O2. The molecule has 3 amide bonds. The highest BCUT2D eigenvalue weighted by molar-refractivity contribution is 6.40. The molecule has 0 saturated heterocycles. The van der Waals surface area contributed by atoms with Gasteiger partial charge in [0.05, 0.1) is 15.6 Å². The molecule has 0 bridgehead atoms. The van der Waals surface area contributed by atoms with Crippen molar-refractivity contribution in [1.82, 2.24) is 5.32 Å². The first-order valence-corrected chi connectivity index (χ1v) is 7.96. The van der Waals surface area contributed by atoms with Gasteiger partial charge in [0.15, 0.2) is 0 Å². The molecular weight excluding hydrogens is 335 g/mol. The highest BCUT2D eigenvalue weighted by atomic mass is 35.5. The molecule has 6 heteroatoms. The number of hydrogen-bond acceptors (Lipinski definition) is 2. The number of amides is 3. The highest BCUT2D eigenvalue weighted by Crippen LogP contribution is 2.40. The maximum absolute atomic E-state index is 12.1. The molecule has 118 valence electrons. The molecule has 0 aromatic heterocycles. The molecule has 1 saturated carbocycles. The van der Waals surface area contributed by atoms with Gasteiger partial charge in [-0.25, -0.2) is 4.79 Å². The van der Waals surface area contributed by atoms with E-state index in [1.807, 2.05) is 18.2 Å². The van der Waals surface area contributed by atoms with Gasteiger partial charge in [-0.1, -0.05) is 41.4 Å². The Bertz CT molecular complexity index is 753. The van der Waals surface area contributed by atoms with Crippen LogP contribution in [0.5, 0.6) is 0 Å². The molecule has 0 atom stereocenters. The summed E-state index contributed by atoms with van der Waals surface area (Å²) in [6.07, 6.45) is 2.36. The number of rotatable bonds is 3. The normalized spacial score (nSPS) is 13.5. The van der Waals surface area contributed by atoms with Crippen molar-refractivity contribution in [2.75, 3.05) is 5.32 Å². The van der Waals surface area contributed by atoms with Gasteiger partial charge in [0, 0.05) is 5.69 Å². The van der Waals surface area contributed by atoms with Crippen LogP contribution in [0.3, 0.4) is 0 Å². The lowest BCUT2D eigenvalue weighted by atomic mass is 10.1. The fourth-order valence-electron chi connectivity index (χ4n) is 2.33. The van der Waals surface area contributed by atoms with E-state index in [0.29, 0.717) is 11.6 Å². The summed E-state index contributed by atoms with van der Waals surface area (Å²) in [6.45, 7) is 0. The van der Waals surface area contributed by atoms with Crippen LogP contribution in [-0.4, -0.2) is 11.9 Å². The number of hydrogen-bond donors (Lipinski definition) is 2. The van der Waals surface area contributed by atoms with Crippen LogP contribution in [0.25, 0.3) is 0 Å². The standard InChI is InChI=1S/C17H14Cl2N2O2/c18-13-5-2-6-14(19)15(13)16(22)21-17(23)20-12-4-1-3-11(9-12)10-7-8-10/h1-6,9-10H,7-8H2,(H2,20,21,22,23). The Hall–Kier alpha value is -2.04. The molecule has 0 aliphatic heterocycles. The number of carbonyl (C=O) groups is 2. The number of nitrogens with one attached hydrogen (secondary N) is 2. The summed E-state index contributed by atoms with van der Waals surface area (Å²) in [5, 5.41) is 5.27. The Balaban J connectivity index is 1.67. The fourth-order valence-corrected chi connectivity index (χ4v) is 2.90. The van der Waals surface area contributed by atoms with Crippen molar-refractivity contribution in [1.29, 1.82) is 0 Å². The lowest BCUT2D eigenvalue weighted by Gasteiger charge is -2.09. The van der Waals surface area contributed by atoms with Gasteiger partial charge < -0.3 is 5.32 Å². The number of imide groups is 1. The smallest absolute Gasteiger partial charge is 0.308 e. The monoisotopic (exact) mass is 348 g/mol. The van der Waals surface area contributed by atoms with Crippen LogP contribution in [-0.2, 0) is 0 Å². The van der Waals surface area contributed by atoms with Crippen molar-refractivity contribution in [3.05, 3.63) is 63.6 Å². The first kappa shape index (κ1) is 15.8. The molecule has 1 fully saturated rings. The molecule has 2 aromatic rings. The summed E-state index contributed by atoms with van der Waals surface area (Å²) in [5.74, 6) is -0.0557. The van der Waals surface area contributed by atoms with Crippen LogP contribution in [0.1, 0.15) is 34.7 Å². The van der Waals surface area contributed by atoms with Crippen molar-refractivity contribution in [2.45, 2.75) is 18.8 Å². The molecule has 0 heterocycles. The Morgan fingerprint density at radius 3 is 2.30 bits per heavy atom. The lowest BCUT2D eigenvalue weighted by molar-refractivity contribution is 0.0967. The molecule has 0 spiro atoms. The van der Waals surface area contributed by atoms with Crippen molar-refractivity contribution < 1.29 is 9.59 Å². The Labute approximate surface area is 143 Å². The fraction of sp³-hybridized carbons (Fsp3) is 0.176. The highest BCUT2D eigenvalue weighted by Gasteiger charge is 2.23. The largest absolute Gasteiger partial charge is 0.326 e. The van der Waals surface area contributed by atoms with Crippen LogP contribution < -0.4 is 10.6 Å². The van der Waals surface area contributed by atoms with Crippen LogP contribution in [0, 0.1) is 0 Å². The van der Waals surface area contributed by atoms with Gasteiger partial charge in [-0.05, 0) is 48.6 Å². The average Bonchev–Trinajstić information content (AvgIpc) is 3.31. The van der Waals surface area contributed by atoms with Gasteiger partial charge in [-0.2, -0.15) is 0 Å². The third kappa shape index (κ3) is 3.84. The van der Waals surface area contributed by atoms with Crippen LogP contribution in [0.15, 0.2) is 42.5 Å². The molecule has 3 rings (SSSR count). The lowest BCUT2D eigenvalue weighted by Crippen LogP contribution is -2.34. The van der Waals surface area contributed by atoms with Crippen molar-refractivity contribution in [2.24, 2.45) is 0 Å². The van der Waals surface area contributed by atoms with Gasteiger partial charge in [0.25, 0.3) is 5.91 Å². The van der Waals surface area contributed by atoms with Crippen LogP contribution in [0.2, 0.25) is 10.0 Å². The van der Waals surface area contributed by atoms with Gasteiger partial charge in [0.2, 0.25) is 0 Å². The topological polar surface area (TPSA) is 58.2 Å². The quantitative estimate of drug-likeness (QED) is 0.834. The third-order valence-corrected chi connectivity index (χ3v) is 4.24. The number of anilines is 1. The summed E-state index contributed by atoms with van der Waals surface area (Å²) in [7, 11) is 0. The van der Waals surface area contributed by atoms with Crippen molar-refractivity contribution in [3.8, 4) is 0 Å². The van der Waals surface area contributed by atoms with E-state index in [2.05, 4.69) is 10.6 Å². The maximum Gasteiger partial charge on any atom is 0.326 e. The van der Waals surface area contributed by atoms with E-state index in [9.17, 15) is 9.59 Å². The van der Waals surface area contributed by atoms with Gasteiger partial charge in [-0.15, -0.1) is 0 Å².